The molecule has 1 aliphatic rings. The van der Waals surface area contributed by atoms with Crippen molar-refractivity contribution >= 4 is 0 Å². The largest absolute Gasteiger partial charge is 0.354 e. The summed E-state index contributed by atoms with van der Waals surface area (Å²) in [6.45, 7) is 0.635. The summed E-state index contributed by atoms with van der Waals surface area (Å²) in [6.07, 6.45) is 6.88. The maximum atomic E-state index is 6.12. The van der Waals surface area contributed by atoms with Crippen molar-refractivity contribution in [2.75, 3.05) is 0 Å². The van der Waals surface area contributed by atoms with Crippen molar-refractivity contribution in [1.29, 1.82) is 0 Å². The summed E-state index contributed by atoms with van der Waals surface area (Å²) >= 11 is 0. The first-order chi connectivity index (χ1) is 10.4. The van der Waals surface area contributed by atoms with Gasteiger partial charge < -0.3 is 4.74 Å². The number of rotatable bonds is 4. The van der Waals surface area contributed by atoms with Gasteiger partial charge in [0.2, 0.25) is 0 Å². The quantitative estimate of drug-likeness (QED) is 0.687. The Labute approximate surface area is 122 Å². The topological polar surface area (TPSA) is 56.1 Å². The third-order valence-corrected chi connectivity index (χ3v) is 3.81. The van der Waals surface area contributed by atoms with Crippen LogP contribution in [0.1, 0.15) is 17.2 Å². The number of pyridine rings is 1. The van der Waals surface area contributed by atoms with E-state index in [-0.39, 0.29) is 6.10 Å². The highest BCUT2D eigenvalue weighted by Crippen LogP contribution is 2.57. The van der Waals surface area contributed by atoms with Crippen LogP contribution >= 0.6 is 0 Å². The molecule has 3 heterocycles. The van der Waals surface area contributed by atoms with Gasteiger partial charge in [0.05, 0.1) is 6.54 Å². The highest BCUT2D eigenvalue weighted by molar-refractivity contribution is 5.34. The molecular formula is C16H14N4O. The van der Waals surface area contributed by atoms with Gasteiger partial charge in [-0.15, -0.1) is 0 Å². The van der Waals surface area contributed by atoms with E-state index in [1.807, 2.05) is 41.2 Å². The molecule has 3 aromatic rings. The van der Waals surface area contributed by atoms with Crippen LogP contribution in [0.15, 0.2) is 67.5 Å². The van der Waals surface area contributed by atoms with Crippen LogP contribution in [0.2, 0.25) is 0 Å². The monoisotopic (exact) mass is 278 g/mol. The molecule has 5 heteroatoms. The normalized spacial score (nSPS) is 23.9. The van der Waals surface area contributed by atoms with Crippen molar-refractivity contribution in [2.24, 2.45) is 0 Å². The van der Waals surface area contributed by atoms with Crippen LogP contribution in [-0.2, 0) is 16.9 Å². The van der Waals surface area contributed by atoms with E-state index >= 15 is 0 Å². The number of hydrogen-bond acceptors (Lipinski definition) is 4. The molecule has 0 amide bonds. The van der Waals surface area contributed by atoms with Crippen LogP contribution in [0.25, 0.3) is 0 Å². The molecule has 0 radical (unpaired) electrons. The second-order valence-electron chi connectivity index (χ2n) is 5.13. The maximum Gasteiger partial charge on any atom is 0.144 e. The summed E-state index contributed by atoms with van der Waals surface area (Å²) in [7, 11) is 0. The Morgan fingerprint density at radius 2 is 2.00 bits per heavy atom. The fourth-order valence-corrected chi connectivity index (χ4v) is 2.75. The summed E-state index contributed by atoms with van der Waals surface area (Å²) in [6, 6.07) is 14.2. The fraction of sp³-hybridized carbons (Fsp3) is 0.188. The molecular weight excluding hydrogens is 264 g/mol. The molecule has 0 aliphatic carbocycles. The maximum absolute atomic E-state index is 6.12. The number of epoxide rings is 1. The molecule has 0 spiro atoms. The zero-order valence-corrected chi connectivity index (χ0v) is 11.3. The van der Waals surface area contributed by atoms with E-state index in [4.69, 9.17) is 4.74 Å². The second kappa shape index (κ2) is 4.79. The third kappa shape index (κ3) is 2.11. The number of benzene rings is 1. The molecule has 2 atom stereocenters. The van der Waals surface area contributed by atoms with Crippen molar-refractivity contribution in [1.82, 2.24) is 19.7 Å². The van der Waals surface area contributed by atoms with Crippen LogP contribution in [0.3, 0.4) is 0 Å². The zero-order chi connectivity index (χ0) is 14.1. The summed E-state index contributed by atoms with van der Waals surface area (Å²) in [5, 5.41) is 4.20. The lowest BCUT2D eigenvalue weighted by molar-refractivity contribution is 0.262. The average Bonchev–Trinajstić information content (AvgIpc) is 3.05. The summed E-state index contributed by atoms with van der Waals surface area (Å²) in [5.74, 6) is 0. The van der Waals surface area contributed by atoms with Crippen LogP contribution in [0, 0.1) is 0 Å². The molecule has 1 aliphatic heterocycles. The standard InChI is InChI=1S/C16H14N4O/c1-2-6-14(7-3-1)16(10-20-12-18-11-19-20)15(21-16)13-5-4-8-17-9-13/h1-9,11-12,15H,10H2/t15-,16+/m0/s1. The van der Waals surface area contributed by atoms with Crippen molar-refractivity contribution in [2.45, 2.75) is 18.2 Å². The minimum absolute atomic E-state index is 0.00204. The van der Waals surface area contributed by atoms with Crippen molar-refractivity contribution < 1.29 is 4.74 Å². The predicted molar refractivity (Wildman–Crippen MR) is 76.2 cm³/mol. The van der Waals surface area contributed by atoms with E-state index in [2.05, 4.69) is 27.2 Å². The third-order valence-electron chi connectivity index (χ3n) is 3.81. The molecule has 5 nitrogen and oxygen atoms in total. The van der Waals surface area contributed by atoms with Crippen LogP contribution in [0.4, 0.5) is 0 Å². The van der Waals surface area contributed by atoms with Gasteiger partial charge in [-0.2, -0.15) is 5.10 Å². The minimum atomic E-state index is -0.391. The first-order valence-electron chi connectivity index (χ1n) is 6.84. The van der Waals surface area contributed by atoms with Crippen LogP contribution < -0.4 is 0 Å². The van der Waals surface area contributed by atoms with E-state index in [1.54, 1.807) is 18.9 Å². The van der Waals surface area contributed by atoms with Gasteiger partial charge in [0, 0.05) is 18.0 Å². The molecule has 1 saturated heterocycles. The number of aromatic nitrogens is 4. The van der Waals surface area contributed by atoms with Gasteiger partial charge in [0.15, 0.2) is 0 Å². The molecule has 0 saturated carbocycles. The number of ether oxygens (including phenoxy) is 1. The lowest BCUT2D eigenvalue weighted by atomic mass is 9.92. The van der Waals surface area contributed by atoms with Gasteiger partial charge in [-0.1, -0.05) is 36.4 Å². The Hall–Kier alpha value is -2.53. The molecule has 0 bridgehead atoms. The molecule has 104 valence electrons. The summed E-state index contributed by atoms with van der Waals surface area (Å²) in [5.41, 5.74) is 1.84. The SMILES string of the molecule is c1ccc([C@@]2(Cn3cncn3)O[C@H]2c2cccnc2)cc1. The molecule has 0 unspecified atom stereocenters. The summed E-state index contributed by atoms with van der Waals surface area (Å²) in [4.78, 5) is 8.20. The molecule has 1 aromatic carbocycles. The Bertz CT molecular complexity index is 715. The number of hydrogen-bond donors (Lipinski definition) is 0. The molecule has 4 rings (SSSR count). The lowest BCUT2D eigenvalue weighted by Crippen LogP contribution is -2.19. The first kappa shape index (κ1) is 12.2. The van der Waals surface area contributed by atoms with E-state index in [9.17, 15) is 0 Å². The summed E-state index contributed by atoms with van der Waals surface area (Å²) < 4.78 is 7.93. The lowest BCUT2D eigenvalue weighted by Gasteiger charge is -2.13. The highest BCUT2D eigenvalue weighted by Gasteiger charge is 2.59. The second-order valence-corrected chi connectivity index (χ2v) is 5.13. The smallest absolute Gasteiger partial charge is 0.144 e. The van der Waals surface area contributed by atoms with Gasteiger partial charge >= 0.3 is 0 Å². The van der Waals surface area contributed by atoms with Gasteiger partial charge in [-0.05, 0) is 11.6 Å². The highest BCUT2D eigenvalue weighted by atomic mass is 16.6. The van der Waals surface area contributed by atoms with E-state index in [0.717, 1.165) is 11.1 Å². The molecule has 21 heavy (non-hydrogen) atoms. The van der Waals surface area contributed by atoms with Gasteiger partial charge in [0.25, 0.3) is 0 Å². The van der Waals surface area contributed by atoms with E-state index in [1.165, 1.54) is 0 Å². The van der Waals surface area contributed by atoms with Crippen molar-refractivity contribution in [3.8, 4) is 0 Å². The van der Waals surface area contributed by atoms with Gasteiger partial charge in [-0.3, -0.25) is 4.98 Å². The Morgan fingerprint density at radius 3 is 2.71 bits per heavy atom. The van der Waals surface area contributed by atoms with Crippen LogP contribution in [-0.4, -0.2) is 19.7 Å². The fourth-order valence-electron chi connectivity index (χ4n) is 2.75. The van der Waals surface area contributed by atoms with Crippen molar-refractivity contribution in [3.05, 3.63) is 78.6 Å². The molecule has 2 aromatic heterocycles. The van der Waals surface area contributed by atoms with E-state index in [0.29, 0.717) is 6.54 Å². The predicted octanol–water partition coefficient (Wildman–Crippen LogP) is 2.34. The molecule has 0 N–H and O–H groups in total. The van der Waals surface area contributed by atoms with Gasteiger partial charge in [0.1, 0.15) is 24.4 Å². The zero-order valence-electron chi connectivity index (χ0n) is 11.3. The van der Waals surface area contributed by atoms with Crippen molar-refractivity contribution in [3.63, 3.8) is 0 Å². The Balaban J connectivity index is 1.72. The Morgan fingerprint density at radius 1 is 1.10 bits per heavy atom. The average molecular weight is 278 g/mol. The first-order valence-corrected chi connectivity index (χ1v) is 6.84. The van der Waals surface area contributed by atoms with Gasteiger partial charge in [-0.25, -0.2) is 9.67 Å². The van der Waals surface area contributed by atoms with E-state index < -0.39 is 5.60 Å². The number of nitrogens with zero attached hydrogens (tertiary/aromatic N) is 4. The van der Waals surface area contributed by atoms with Crippen LogP contribution in [0.5, 0.6) is 0 Å². The molecule has 1 fully saturated rings. The minimum Gasteiger partial charge on any atom is -0.354 e. The Kier molecular flexibility index (Phi) is 2.79.